The smallest absolute Gasteiger partial charge is 0.251 e. The molecule has 0 atom stereocenters. The standard InChI is InChI=1S/C13H13N3O2/c1-8-12(18-2)11(9-3-5-15-6-4-9)10(7-16-8)13(14)17/h3-7H,1-2H3,(H2,14,17). The molecule has 0 saturated heterocycles. The number of aryl methyl sites for hydroxylation is 1. The van der Waals surface area contributed by atoms with Crippen molar-refractivity contribution in [3.05, 3.63) is 42.0 Å². The van der Waals surface area contributed by atoms with Crippen LogP contribution in [0.3, 0.4) is 0 Å². The fourth-order valence-electron chi connectivity index (χ4n) is 1.83. The molecule has 5 nitrogen and oxygen atoms in total. The second kappa shape index (κ2) is 4.83. The van der Waals surface area contributed by atoms with E-state index in [1.165, 1.54) is 6.20 Å². The minimum atomic E-state index is -0.535. The summed E-state index contributed by atoms with van der Waals surface area (Å²) in [5.74, 6) is 0.0186. The molecule has 0 aromatic carbocycles. The summed E-state index contributed by atoms with van der Waals surface area (Å²) in [6.45, 7) is 1.81. The van der Waals surface area contributed by atoms with Gasteiger partial charge in [-0.2, -0.15) is 0 Å². The minimum absolute atomic E-state index is 0.337. The van der Waals surface area contributed by atoms with Gasteiger partial charge in [0.15, 0.2) is 0 Å². The third kappa shape index (κ3) is 2.02. The van der Waals surface area contributed by atoms with Gasteiger partial charge in [0.2, 0.25) is 0 Å². The lowest BCUT2D eigenvalue weighted by Crippen LogP contribution is -2.14. The maximum absolute atomic E-state index is 11.5. The highest BCUT2D eigenvalue weighted by Crippen LogP contribution is 2.34. The number of hydrogen-bond donors (Lipinski definition) is 1. The van der Waals surface area contributed by atoms with Crippen molar-refractivity contribution in [1.82, 2.24) is 9.97 Å². The van der Waals surface area contributed by atoms with Gasteiger partial charge >= 0.3 is 0 Å². The molecule has 2 heterocycles. The summed E-state index contributed by atoms with van der Waals surface area (Å²) in [4.78, 5) is 19.6. The molecule has 0 unspecified atom stereocenters. The van der Waals surface area contributed by atoms with Gasteiger partial charge in [0.05, 0.1) is 18.4 Å². The first kappa shape index (κ1) is 12.0. The topological polar surface area (TPSA) is 78.1 Å². The van der Waals surface area contributed by atoms with Gasteiger partial charge in [-0.1, -0.05) is 0 Å². The molecule has 0 spiro atoms. The molecule has 1 amide bonds. The molecule has 0 saturated carbocycles. The van der Waals surface area contributed by atoms with Crippen molar-refractivity contribution in [2.75, 3.05) is 7.11 Å². The Morgan fingerprint density at radius 3 is 2.56 bits per heavy atom. The molecule has 0 aliphatic heterocycles. The minimum Gasteiger partial charge on any atom is -0.494 e. The molecule has 18 heavy (non-hydrogen) atoms. The van der Waals surface area contributed by atoms with Crippen LogP contribution in [-0.2, 0) is 0 Å². The first-order valence-electron chi connectivity index (χ1n) is 5.39. The van der Waals surface area contributed by atoms with E-state index < -0.39 is 5.91 Å². The van der Waals surface area contributed by atoms with E-state index in [9.17, 15) is 4.79 Å². The first-order chi connectivity index (χ1) is 8.65. The second-order valence-corrected chi connectivity index (χ2v) is 3.77. The zero-order valence-electron chi connectivity index (χ0n) is 10.2. The van der Waals surface area contributed by atoms with Gasteiger partial charge in [-0.25, -0.2) is 0 Å². The van der Waals surface area contributed by atoms with Gasteiger partial charge in [0.25, 0.3) is 5.91 Å². The summed E-state index contributed by atoms with van der Waals surface area (Å²) in [5.41, 5.74) is 7.89. The second-order valence-electron chi connectivity index (χ2n) is 3.77. The lowest BCUT2D eigenvalue weighted by Gasteiger charge is -2.13. The summed E-state index contributed by atoms with van der Waals surface area (Å²) in [6, 6.07) is 3.59. The lowest BCUT2D eigenvalue weighted by atomic mass is 10.00. The van der Waals surface area contributed by atoms with E-state index in [2.05, 4.69) is 9.97 Å². The number of pyridine rings is 2. The fourth-order valence-corrected chi connectivity index (χ4v) is 1.83. The number of aromatic nitrogens is 2. The van der Waals surface area contributed by atoms with E-state index in [0.717, 1.165) is 5.56 Å². The van der Waals surface area contributed by atoms with E-state index in [-0.39, 0.29) is 0 Å². The van der Waals surface area contributed by atoms with E-state index in [4.69, 9.17) is 10.5 Å². The zero-order chi connectivity index (χ0) is 13.1. The van der Waals surface area contributed by atoms with Crippen LogP contribution in [0.25, 0.3) is 11.1 Å². The van der Waals surface area contributed by atoms with Crippen LogP contribution < -0.4 is 10.5 Å². The van der Waals surface area contributed by atoms with Gasteiger partial charge < -0.3 is 10.5 Å². The first-order valence-corrected chi connectivity index (χ1v) is 5.39. The highest BCUT2D eigenvalue weighted by molar-refractivity contribution is 6.01. The molecule has 2 aromatic rings. The van der Waals surface area contributed by atoms with E-state index in [0.29, 0.717) is 22.6 Å². The van der Waals surface area contributed by atoms with Crippen LogP contribution in [0.15, 0.2) is 30.7 Å². The van der Waals surface area contributed by atoms with Crippen LogP contribution in [-0.4, -0.2) is 23.0 Å². The normalized spacial score (nSPS) is 10.1. The number of primary amides is 1. The SMILES string of the molecule is COc1c(C)ncc(C(N)=O)c1-c1ccncc1. The Morgan fingerprint density at radius 1 is 1.33 bits per heavy atom. The number of methoxy groups -OCH3 is 1. The average Bonchev–Trinajstić information content (AvgIpc) is 2.39. The van der Waals surface area contributed by atoms with Crippen LogP contribution in [0.2, 0.25) is 0 Å². The summed E-state index contributed by atoms with van der Waals surface area (Å²) >= 11 is 0. The highest BCUT2D eigenvalue weighted by Gasteiger charge is 2.18. The molecule has 2 aromatic heterocycles. The molecule has 0 radical (unpaired) electrons. The van der Waals surface area contributed by atoms with Gasteiger partial charge in [-0.15, -0.1) is 0 Å². The molecular weight excluding hydrogens is 230 g/mol. The van der Waals surface area contributed by atoms with Crippen molar-refractivity contribution in [2.45, 2.75) is 6.92 Å². The largest absolute Gasteiger partial charge is 0.494 e. The number of hydrogen-bond acceptors (Lipinski definition) is 4. The Balaban J connectivity index is 2.77. The van der Waals surface area contributed by atoms with Crippen LogP contribution >= 0.6 is 0 Å². The van der Waals surface area contributed by atoms with Crippen LogP contribution in [0, 0.1) is 6.92 Å². The van der Waals surface area contributed by atoms with Gasteiger partial charge in [0, 0.05) is 24.2 Å². The number of carbonyl (C=O) groups excluding carboxylic acids is 1. The van der Waals surface area contributed by atoms with Crippen molar-refractivity contribution in [2.24, 2.45) is 5.73 Å². The van der Waals surface area contributed by atoms with E-state index in [1.54, 1.807) is 31.6 Å². The van der Waals surface area contributed by atoms with E-state index >= 15 is 0 Å². The molecule has 0 bridgehead atoms. The molecule has 92 valence electrons. The predicted molar refractivity (Wildman–Crippen MR) is 67.3 cm³/mol. The number of rotatable bonds is 3. The van der Waals surface area contributed by atoms with Crippen LogP contribution in [0.5, 0.6) is 5.75 Å². The van der Waals surface area contributed by atoms with Crippen molar-refractivity contribution in [3.63, 3.8) is 0 Å². The fraction of sp³-hybridized carbons (Fsp3) is 0.154. The number of nitrogens with zero attached hydrogens (tertiary/aromatic N) is 2. The molecular formula is C13H13N3O2. The Labute approximate surface area is 105 Å². The predicted octanol–water partition coefficient (Wildman–Crippen LogP) is 1.56. The highest BCUT2D eigenvalue weighted by atomic mass is 16.5. The van der Waals surface area contributed by atoms with Crippen molar-refractivity contribution >= 4 is 5.91 Å². The monoisotopic (exact) mass is 243 g/mol. The zero-order valence-corrected chi connectivity index (χ0v) is 10.2. The molecule has 0 aliphatic carbocycles. The van der Waals surface area contributed by atoms with Crippen molar-refractivity contribution in [1.29, 1.82) is 0 Å². The summed E-state index contributed by atoms with van der Waals surface area (Å²) in [7, 11) is 1.54. The molecule has 2 N–H and O–H groups in total. The maximum Gasteiger partial charge on any atom is 0.251 e. The van der Waals surface area contributed by atoms with Crippen LogP contribution in [0.1, 0.15) is 16.1 Å². The Bertz CT molecular complexity index is 582. The number of amides is 1. The van der Waals surface area contributed by atoms with Crippen LogP contribution in [0.4, 0.5) is 0 Å². The van der Waals surface area contributed by atoms with Crippen molar-refractivity contribution in [3.8, 4) is 16.9 Å². The molecule has 5 heteroatoms. The Hall–Kier alpha value is -2.43. The summed E-state index contributed by atoms with van der Waals surface area (Å²) in [6.07, 6.45) is 4.76. The number of ether oxygens (including phenoxy) is 1. The van der Waals surface area contributed by atoms with Crippen molar-refractivity contribution < 1.29 is 9.53 Å². The molecule has 2 rings (SSSR count). The Kier molecular flexibility index (Phi) is 3.23. The molecule has 0 fully saturated rings. The average molecular weight is 243 g/mol. The quantitative estimate of drug-likeness (QED) is 0.887. The molecule has 0 aliphatic rings. The third-order valence-electron chi connectivity index (χ3n) is 2.65. The lowest BCUT2D eigenvalue weighted by molar-refractivity contribution is 0.1000. The summed E-state index contributed by atoms with van der Waals surface area (Å²) in [5, 5.41) is 0. The van der Waals surface area contributed by atoms with Gasteiger partial charge in [-0.3, -0.25) is 14.8 Å². The third-order valence-corrected chi connectivity index (χ3v) is 2.65. The van der Waals surface area contributed by atoms with Gasteiger partial charge in [0.1, 0.15) is 5.75 Å². The van der Waals surface area contributed by atoms with Gasteiger partial charge in [-0.05, 0) is 24.6 Å². The summed E-state index contributed by atoms with van der Waals surface area (Å²) < 4.78 is 5.33. The number of carbonyl (C=O) groups is 1. The maximum atomic E-state index is 11.5. The number of nitrogens with two attached hydrogens (primary N) is 1. The van der Waals surface area contributed by atoms with E-state index in [1.807, 2.05) is 6.92 Å². The Morgan fingerprint density at radius 2 is 2.00 bits per heavy atom.